The lowest BCUT2D eigenvalue weighted by Gasteiger charge is -2.19. The maximum absolute atomic E-state index is 13.7. The standard InChI is InChI=1S/C22H25FN2O4/c1-15-11-17(25-9-3-4-10-25)6-7-19(15)24-21(26)14-29-22(27)13-16-5-8-20(28-2)18(23)12-16/h5-8,11-12H,3-4,9-10,13-14H2,1-2H3,(H,24,26). The summed E-state index contributed by atoms with van der Waals surface area (Å²) in [6, 6.07) is 10.1. The van der Waals surface area contributed by atoms with Crippen molar-refractivity contribution in [2.45, 2.75) is 26.2 Å². The molecule has 0 saturated carbocycles. The number of hydrogen-bond donors (Lipinski definition) is 1. The van der Waals surface area contributed by atoms with E-state index in [4.69, 9.17) is 9.47 Å². The largest absolute Gasteiger partial charge is 0.494 e. The summed E-state index contributed by atoms with van der Waals surface area (Å²) in [7, 11) is 1.37. The van der Waals surface area contributed by atoms with Crippen molar-refractivity contribution in [3.8, 4) is 5.75 Å². The van der Waals surface area contributed by atoms with Gasteiger partial charge in [-0.2, -0.15) is 0 Å². The average molecular weight is 400 g/mol. The van der Waals surface area contributed by atoms with Crippen molar-refractivity contribution in [2.24, 2.45) is 0 Å². The van der Waals surface area contributed by atoms with Crippen molar-refractivity contribution in [3.05, 3.63) is 53.3 Å². The van der Waals surface area contributed by atoms with Crippen LogP contribution in [0.1, 0.15) is 24.0 Å². The molecule has 0 bridgehead atoms. The highest BCUT2D eigenvalue weighted by molar-refractivity contribution is 5.93. The summed E-state index contributed by atoms with van der Waals surface area (Å²) < 4.78 is 23.5. The van der Waals surface area contributed by atoms with Gasteiger partial charge in [-0.05, 0) is 61.2 Å². The summed E-state index contributed by atoms with van der Waals surface area (Å²) in [6.07, 6.45) is 2.27. The fourth-order valence-electron chi connectivity index (χ4n) is 3.33. The Morgan fingerprint density at radius 1 is 1.14 bits per heavy atom. The first kappa shape index (κ1) is 20.6. The van der Waals surface area contributed by atoms with Gasteiger partial charge in [-0.1, -0.05) is 6.07 Å². The number of nitrogens with one attached hydrogen (secondary N) is 1. The van der Waals surface area contributed by atoms with E-state index in [1.54, 1.807) is 6.07 Å². The monoisotopic (exact) mass is 400 g/mol. The number of anilines is 2. The third kappa shape index (κ3) is 5.47. The van der Waals surface area contributed by atoms with Gasteiger partial charge in [0.2, 0.25) is 0 Å². The lowest BCUT2D eigenvalue weighted by Crippen LogP contribution is -2.22. The van der Waals surface area contributed by atoms with Crippen molar-refractivity contribution >= 4 is 23.3 Å². The van der Waals surface area contributed by atoms with E-state index in [1.165, 1.54) is 32.1 Å². The molecule has 29 heavy (non-hydrogen) atoms. The Kier molecular flexibility index (Phi) is 6.69. The number of nitrogens with zero attached hydrogens (tertiary/aromatic N) is 1. The van der Waals surface area contributed by atoms with Crippen molar-refractivity contribution in [3.63, 3.8) is 0 Å². The minimum atomic E-state index is -0.606. The summed E-state index contributed by atoms with van der Waals surface area (Å²) in [5.41, 5.74) is 3.23. The van der Waals surface area contributed by atoms with Crippen molar-refractivity contribution in [1.29, 1.82) is 0 Å². The van der Waals surface area contributed by atoms with Gasteiger partial charge in [0.05, 0.1) is 13.5 Å². The molecule has 3 rings (SSSR count). The molecule has 1 heterocycles. The van der Waals surface area contributed by atoms with Crippen LogP contribution in [-0.4, -0.2) is 38.7 Å². The SMILES string of the molecule is COc1ccc(CC(=O)OCC(=O)Nc2ccc(N3CCCC3)cc2C)cc1F. The van der Waals surface area contributed by atoms with Crippen LogP contribution < -0.4 is 15.0 Å². The number of carbonyl (C=O) groups is 2. The Hall–Kier alpha value is -3.09. The third-order valence-corrected chi connectivity index (χ3v) is 4.88. The number of methoxy groups -OCH3 is 1. The van der Waals surface area contributed by atoms with Gasteiger partial charge in [-0.3, -0.25) is 9.59 Å². The molecule has 1 fully saturated rings. The number of aryl methyl sites for hydroxylation is 1. The molecule has 1 amide bonds. The average Bonchev–Trinajstić information content (AvgIpc) is 3.23. The number of rotatable bonds is 7. The molecule has 7 heteroatoms. The lowest BCUT2D eigenvalue weighted by atomic mass is 10.1. The number of amides is 1. The fourth-order valence-corrected chi connectivity index (χ4v) is 3.33. The molecule has 0 aliphatic carbocycles. The van der Waals surface area contributed by atoms with Crippen LogP contribution in [0.15, 0.2) is 36.4 Å². The summed E-state index contributed by atoms with van der Waals surface area (Å²) in [4.78, 5) is 26.4. The second-order valence-electron chi connectivity index (χ2n) is 7.05. The Morgan fingerprint density at radius 2 is 1.90 bits per heavy atom. The summed E-state index contributed by atoms with van der Waals surface area (Å²) in [5, 5.41) is 2.76. The molecule has 2 aromatic rings. The predicted octanol–water partition coefficient (Wildman–Crippen LogP) is 3.47. The normalized spacial score (nSPS) is 13.3. The van der Waals surface area contributed by atoms with Crippen LogP contribution in [0.25, 0.3) is 0 Å². The van der Waals surface area contributed by atoms with Gasteiger partial charge < -0.3 is 19.7 Å². The highest BCUT2D eigenvalue weighted by atomic mass is 19.1. The highest BCUT2D eigenvalue weighted by Gasteiger charge is 2.15. The van der Waals surface area contributed by atoms with Gasteiger partial charge in [0.25, 0.3) is 5.91 Å². The molecule has 6 nitrogen and oxygen atoms in total. The van der Waals surface area contributed by atoms with E-state index < -0.39 is 24.3 Å². The van der Waals surface area contributed by atoms with Gasteiger partial charge in [0.15, 0.2) is 18.2 Å². The minimum absolute atomic E-state index is 0.104. The Labute approximate surface area is 169 Å². The van der Waals surface area contributed by atoms with Crippen LogP contribution in [0.5, 0.6) is 5.75 Å². The quantitative estimate of drug-likeness (QED) is 0.721. The molecule has 0 radical (unpaired) electrons. The van der Waals surface area contributed by atoms with Gasteiger partial charge in [-0.15, -0.1) is 0 Å². The van der Waals surface area contributed by atoms with E-state index in [0.29, 0.717) is 11.3 Å². The van der Waals surface area contributed by atoms with Crippen LogP contribution in [0, 0.1) is 12.7 Å². The van der Waals surface area contributed by atoms with Crippen molar-refractivity contribution in [2.75, 3.05) is 37.0 Å². The maximum atomic E-state index is 13.7. The number of hydrogen-bond acceptors (Lipinski definition) is 5. The molecule has 0 atom stereocenters. The Morgan fingerprint density at radius 3 is 2.55 bits per heavy atom. The van der Waals surface area contributed by atoms with Crippen molar-refractivity contribution < 1.29 is 23.5 Å². The molecule has 0 aromatic heterocycles. The molecule has 1 aliphatic heterocycles. The number of halogens is 1. The molecule has 1 saturated heterocycles. The number of carbonyl (C=O) groups excluding carboxylic acids is 2. The molecule has 1 N–H and O–H groups in total. The molecule has 2 aromatic carbocycles. The first-order valence-electron chi connectivity index (χ1n) is 9.60. The first-order valence-corrected chi connectivity index (χ1v) is 9.60. The van der Waals surface area contributed by atoms with Gasteiger partial charge in [0, 0.05) is 24.5 Å². The van der Waals surface area contributed by atoms with E-state index in [0.717, 1.165) is 24.3 Å². The van der Waals surface area contributed by atoms with Gasteiger partial charge in [0.1, 0.15) is 0 Å². The van der Waals surface area contributed by atoms with E-state index in [1.807, 2.05) is 25.1 Å². The van der Waals surface area contributed by atoms with Crippen LogP contribution in [-0.2, 0) is 20.7 Å². The summed E-state index contributed by atoms with van der Waals surface area (Å²) in [6.45, 7) is 3.64. The van der Waals surface area contributed by atoms with E-state index in [-0.39, 0.29) is 12.2 Å². The number of benzene rings is 2. The molecule has 1 aliphatic rings. The van der Waals surface area contributed by atoms with Crippen LogP contribution in [0.4, 0.5) is 15.8 Å². The van der Waals surface area contributed by atoms with Crippen LogP contribution in [0.3, 0.4) is 0 Å². The van der Waals surface area contributed by atoms with E-state index >= 15 is 0 Å². The smallest absolute Gasteiger partial charge is 0.310 e. The summed E-state index contributed by atoms with van der Waals surface area (Å²) >= 11 is 0. The Balaban J connectivity index is 1.49. The molecule has 0 unspecified atom stereocenters. The van der Waals surface area contributed by atoms with Gasteiger partial charge in [-0.25, -0.2) is 4.39 Å². The van der Waals surface area contributed by atoms with Gasteiger partial charge >= 0.3 is 5.97 Å². The lowest BCUT2D eigenvalue weighted by molar-refractivity contribution is -0.146. The molecular formula is C22H25FN2O4. The van der Waals surface area contributed by atoms with E-state index in [9.17, 15) is 14.0 Å². The Bertz CT molecular complexity index is 894. The zero-order chi connectivity index (χ0) is 20.8. The number of esters is 1. The van der Waals surface area contributed by atoms with Crippen LogP contribution in [0.2, 0.25) is 0 Å². The van der Waals surface area contributed by atoms with E-state index in [2.05, 4.69) is 10.2 Å². The minimum Gasteiger partial charge on any atom is -0.494 e. The predicted molar refractivity (Wildman–Crippen MR) is 109 cm³/mol. The molecular weight excluding hydrogens is 375 g/mol. The van der Waals surface area contributed by atoms with Crippen LogP contribution >= 0.6 is 0 Å². The summed E-state index contributed by atoms with van der Waals surface area (Å²) in [5.74, 6) is -1.47. The topological polar surface area (TPSA) is 67.9 Å². The highest BCUT2D eigenvalue weighted by Crippen LogP contribution is 2.25. The fraction of sp³-hybridized carbons (Fsp3) is 0.364. The first-order chi connectivity index (χ1) is 14.0. The molecule has 154 valence electrons. The number of ether oxygens (including phenoxy) is 2. The zero-order valence-electron chi connectivity index (χ0n) is 16.7. The zero-order valence-corrected chi connectivity index (χ0v) is 16.7. The second kappa shape index (κ2) is 9.41. The molecule has 0 spiro atoms. The van der Waals surface area contributed by atoms with Crippen molar-refractivity contribution in [1.82, 2.24) is 0 Å². The maximum Gasteiger partial charge on any atom is 0.310 e. The third-order valence-electron chi connectivity index (χ3n) is 4.88. The second-order valence-corrected chi connectivity index (χ2v) is 7.05.